The van der Waals surface area contributed by atoms with Crippen LogP contribution in [0.15, 0.2) is 35.3 Å². The third-order valence-corrected chi connectivity index (χ3v) is 3.92. The highest BCUT2D eigenvalue weighted by Crippen LogP contribution is 2.35. The van der Waals surface area contributed by atoms with Crippen molar-refractivity contribution in [2.45, 2.75) is 25.8 Å². The van der Waals surface area contributed by atoms with E-state index in [1.54, 1.807) is 42.0 Å². The first kappa shape index (κ1) is 14.1. The molecule has 0 N–H and O–H groups in total. The normalized spacial score (nSPS) is 14.2. The Hall–Kier alpha value is -2.47. The predicted molar refractivity (Wildman–Crippen MR) is 86.1 cm³/mol. The van der Waals surface area contributed by atoms with E-state index < -0.39 is 0 Å². The highest BCUT2D eigenvalue weighted by Gasteiger charge is 2.28. The fourth-order valence-corrected chi connectivity index (χ4v) is 2.64. The molecule has 1 fully saturated rings. The van der Waals surface area contributed by atoms with Gasteiger partial charge in [0.1, 0.15) is 17.0 Å². The van der Waals surface area contributed by atoms with Crippen LogP contribution in [0.2, 0.25) is 5.02 Å². The molecule has 0 atom stereocenters. The molecule has 0 radical (unpaired) electrons. The van der Waals surface area contributed by atoms with Crippen LogP contribution < -0.4 is 10.3 Å². The summed E-state index contributed by atoms with van der Waals surface area (Å²) in [4.78, 5) is 25.2. The monoisotopic (exact) mass is 328 g/mol. The molecule has 2 aromatic heterocycles. The van der Waals surface area contributed by atoms with Gasteiger partial charge >= 0.3 is 6.01 Å². The van der Waals surface area contributed by atoms with E-state index >= 15 is 0 Å². The number of benzene rings is 1. The predicted octanol–water partition coefficient (Wildman–Crippen LogP) is 3.28. The van der Waals surface area contributed by atoms with Crippen molar-refractivity contribution in [3.63, 3.8) is 0 Å². The SMILES string of the molecule is Cc1nc2cnc(Oc3cccc(Cl)c3)nc2n(C2CC2)c1=O. The van der Waals surface area contributed by atoms with Crippen LogP contribution in [0.1, 0.15) is 24.6 Å². The number of aromatic nitrogens is 4. The first-order chi connectivity index (χ1) is 11.1. The molecular weight excluding hydrogens is 316 g/mol. The Morgan fingerprint density at radius 1 is 1.30 bits per heavy atom. The van der Waals surface area contributed by atoms with Crippen LogP contribution in [0.3, 0.4) is 0 Å². The zero-order valence-electron chi connectivity index (χ0n) is 12.4. The van der Waals surface area contributed by atoms with Crippen molar-refractivity contribution in [1.82, 2.24) is 19.5 Å². The van der Waals surface area contributed by atoms with Gasteiger partial charge in [0.25, 0.3) is 5.56 Å². The Kier molecular flexibility index (Phi) is 3.27. The summed E-state index contributed by atoms with van der Waals surface area (Å²) in [6, 6.07) is 7.34. The van der Waals surface area contributed by atoms with Crippen LogP contribution in [0, 0.1) is 6.92 Å². The summed E-state index contributed by atoms with van der Waals surface area (Å²) in [5, 5.41) is 0.565. The Labute approximate surface area is 136 Å². The van der Waals surface area contributed by atoms with Gasteiger partial charge in [-0.3, -0.25) is 9.36 Å². The largest absolute Gasteiger partial charge is 0.424 e. The summed E-state index contributed by atoms with van der Waals surface area (Å²) < 4.78 is 7.34. The molecule has 1 saturated carbocycles. The van der Waals surface area contributed by atoms with Crippen molar-refractivity contribution < 1.29 is 4.74 Å². The number of hydrogen-bond acceptors (Lipinski definition) is 5. The van der Waals surface area contributed by atoms with E-state index in [9.17, 15) is 4.79 Å². The number of aryl methyl sites for hydroxylation is 1. The van der Waals surface area contributed by atoms with Crippen molar-refractivity contribution in [3.8, 4) is 11.8 Å². The van der Waals surface area contributed by atoms with Crippen LogP contribution in [0.4, 0.5) is 0 Å². The minimum absolute atomic E-state index is 0.104. The van der Waals surface area contributed by atoms with Crippen LogP contribution in [0.25, 0.3) is 11.2 Å². The molecule has 1 aromatic carbocycles. The van der Waals surface area contributed by atoms with E-state index in [2.05, 4.69) is 15.0 Å². The molecule has 1 aliphatic rings. The van der Waals surface area contributed by atoms with Crippen molar-refractivity contribution >= 4 is 22.8 Å². The third-order valence-electron chi connectivity index (χ3n) is 3.69. The molecule has 0 aliphatic heterocycles. The van der Waals surface area contributed by atoms with E-state index in [1.165, 1.54) is 0 Å². The van der Waals surface area contributed by atoms with Gasteiger partial charge in [0.15, 0.2) is 5.65 Å². The van der Waals surface area contributed by atoms with Gasteiger partial charge in [-0.1, -0.05) is 17.7 Å². The molecule has 23 heavy (non-hydrogen) atoms. The lowest BCUT2D eigenvalue weighted by Gasteiger charge is -2.10. The van der Waals surface area contributed by atoms with Gasteiger partial charge in [-0.05, 0) is 38.0 Å². The molecule has 0 bridgehead atoms. The summed E-state index contributed by atoms with van der Waals surface area (Å²) in [5.41, 5.74) is 1.45. The van der Waals surface area contributed by atoms with Gasteiger partial charge in [-0.15, -0.1) is 0 Å². The number of fused-ring (bicyclic) bond motifs is 1. The fraction of sp³-hybridized carbons (Fsp3) is 0.250. The van der Waals surface area contributed by atoms with E-state index in [4.69, 9.17) is 16.3 Å². The lowest BCUT2D eigenvalue weighted by Crippen LogP contribution is -2.24. The second kappa shape index (κ2) is 5.31. The second-order valence-corrected chi connectivity index (χ2v) is 5.96. The number of rotatable bonds is 3. The van der Waals surface area contributed by atoms with Crippen LogP contribution in [0.5, 0.6) is 11.8 Å². The summed E-state index contributed by atoms with van der Waals surface area (Å²) in [6.45, 7) is 1.71. The molecule has 7 heteroatoms. The first-order valence-electron chi connectivity index (χ1n) is 7.31. The molecular formula is C16H13ClN4O2. The highest BCUT2D eigenvalue weighted by molar-refractivity contribution is 6.30. The molecule has 4 rings (SSSR count). The Morgan fingerprint density at radius 2 is 2.13 bits per heavy atom. The molecule has 0 saturated heterocycles. The number of hydrogen-bond donors (Lipinski definition) is 0. The van der Waals surface area contributed by atoms with E-state index in [-0.39, 0.29) is 17.6 Å². The van der Waals surface area contributed by atoms with Gasteiger partial charge in [0.2, 0.25) is 0 Å². The van der Waals surface area contributed by atoms with Gasteiger partial charge < -0.3 is 4.74 Å². The molecule has 3 aromatic rings. The highest BCUT2D eigenvalue weighted by atomic mass is 35.5. The maximum atomic E-state index is 12.4. The Balaban J connectivity index is 1.82. The molecule has 1 aliphatic carbocycles. The quantitative estimate of drug-likeness (QED) is 0.738. The molecule has 6 nitrogen and oxygen atoms in total. The standard InChI is InChI=1S/C16H13ClN4O2/c1-9-15(22)21(11-5-6-11)14-13(19-9)8-18-16(20-14)23-12-4-2-3-10(17)7-12/h2-4,7-8,11H,5-6H2,1H3. The minimum atomic E-state index is -0.104. The Bertz CT molecular complexity index is 966. The van der Waals surface area contributed by atoms with Crippen LogP contribution >= 0.6 is 11.6 Å². The van der Waals surface area contributed by atoms with Gasteiger partial charge in [-0.25, -0.2) is 9.97 Å². The maximum absolute atomic E-state index is 12.4. The van der Waals surface area contributed by atoms with Crippen LogP contribution in [-0.4, -0.2) is 19.5 Å². The van der Waals surface area contributed by atoms with E-state index in [0.717, 1.165) is 12.8 Å². The maximum Gasteiger partial charge on any atom is 0.324 e. The van der Waals surface area contributed by atoms with Crippen molar-refractivity contribution in [3.05, 3.63) is 51.5 Å². The summed E-state index contributed by atoms with van der Waals surface area (Å²) >= 11 is 5.94. The summed E-state index contributed by atoms with van der Waals surface area (Å²) in [7, 11) is 0. The van der Waals surface area contributed by atoms with Crippen molar-refractivity contribution in [2.75, 3.05) is 0 Å². The number of ether oxygens (including phenoxy) is 1. The van der Waals surface area contributed by atoms with Gasteiger partial charge in [0, 0.05) is 11.1 Å². The Morgan fingerprint density at radius 3 is 2.87 bits per heavy atom. The number of halogens is 1. The van der Waals surface area contributed by atoms with Gasteiger partial charge in [-0.2, -0.15) is 4.98 Å². The fourth-order valence-electron chi connectivity index (χ4n) is 2.46. The van der Waals surface area contributed by atoms with Gasteiger partial charge in [0.05, 0.1) is 6.20 Å². The van der Waals surface area contributed by atoms with E-state index in [0.29, 0.717) is 27.6 Å². The van der Waals surface area contributed by atoms with Crippen molar-refractivity contribution in [1.29, 1.82) is 0 Å². The lowest BCUT2D eigenvalue weighted by atomic mass is 10.3. The molecule has 2 heterocycles. The van der Waals surface area contributed by atoms with Crippen molar-refractivity contribution in [2.24, 2.45) is 0 Å². The molecule has 0 spiro atoms. The zero-order chi connectivity index (χ0) is 16.0. The molecule has 0 unspecified atom stereocenters. The average molecular weight is 329 g/mol. The smallest absolute Gasteiger partial charge is 0.324 e. The van der Waals surface area contributed by atoms with Crippen LogP contribution in [-0.2, 0) is 0 Å². The topological polar surface area (TPSA) is 69.9 Å². The molecule has 0 amide bonds. The lowest BCUT2D eigenvalue weighted by molar-refractivity contribution is 0.442. The minimum Gasteiger partial charge on any atom is -0.424 e. The summed E-state index contributed by atoms with van der Waals surface area (Å²) in [5.74, 6) is 0.539. The molecule has 116 valence electrons. The first-order valence-corrected chi connectivity index (χ1v) is 7.69. The summed E-state index contributed by atoms with van der Waals surface area (Å²) in [6.07, 6.45) is 3.54. The number of nitrogens with zero attached hydrogens (tertiary/aromatic N) is 4. The zero-order valence-corrected chi connectivity index (χ0v) is 13.1. The van der Waals surface area contributed by atoms with E-state index in [1.807, 2.05) is 0 Å². The third kappa shape index (κ3) is 2.66. The average Bonchev–Trinajstić information content (AvgIpc) is 3.34. The second-order valence-electron chi connectivity index (χ2n) is 5.52.